The van der Waals surface area contributed by atoms with Crippen LogP contribution in [0.5, 0.6) is 0 Å². The van der Waals surface area contributed by atoms with Gasteiger partial charge in [-0.1, -0.05) is 0 Å². The summed E-state index contributed by atoms with van der Waals surface area (Å²) in [5.74, 6) is -1.48. The molecule has 0 radical (unpaired) electrons. The second-order valence-electron chi connectivity index (χ2n) is 7.69. The molecule has 2 aromatic rings. The fourth-order valence-electron chi connectivity index (χ4n) is 3.88. The van der Waals surface area contributed by atoms with Crippen LogP contribution in [-0.4, -0.2) is 29.6 Å². The Hall–Kier alpha value is -2.53. The fraction of sp³-hybridized carbons (Fsp3) is 0.409. The summed E-state index contributed by atoms with van der Waals surface area (Å²) in [5.41, 5.74) is 0.522. The number of fused-ring (bicyclic) bond motifs is 2. The minimum atomic E-state index is -4.52. The van der Waals surface area contributed by atoms with E-state index in [9.17, 15) is 27.6 Å². The molecule has 11 heteroatoms. The molecule has 2 aliphatic rings. The van der Waals surface area contributed by atoms with Crippen molar-refractivity contribution in [2.45, 2.75) is 55.3 Å². The van der Waals surface area contributed by atoms with Gasteiger partial charge in [-0.15, -0.1) is 23.1 Å². The van der Waals surface area contributed by atoms with Crippen LogP contribution in [0.25, 0.3) is 0 Å². The highest BCUT2D eigenvalue weighted by atomic mass is 32.2. The Morgan fingerprint density at radius 1 is 1.24 bits per heavy atom. The maximum atomic E-state index is 12.9. The van der Waals surface area contributed by atoms with Gasteiger partial charge in [-0.25, -0.2) is 4.79 Å². The van der Waals surface area contributed by atoms with Gasteiger partial charge in [0.15, 0.2) is 0 Å². The number of esters is 1. The number of carbonyl (C=O) groups is 3. The number of hydrogen-bond acceptors (Lipinski definition) is 6. The number of hydrogen-bond donors (Lipinski definition) is 2. The number of ether oxygens (including phenoxy) is 1. The zero-order valence-corrected chi connectivity index (χ0v) is 19.3. The highest BCUT2D eigenvalue weighted by Crippen LogP contribution is 2.42. The third-order valence-corrected chi connectivity index (χ3v) is 7.88. The summed E-state index contributed by atoms with van der Waals surface area (Å²) in [6, 6.07) is 3.12. The molecule has 176 valence electrons. The highest BCUT2D eigenvalue weighted by molar-refractivity contribution is 8.01. The lowest BCUT2D eigenvalue weighted by Crippen LogP contribution is -2.32. The minimum Gasteiger partial charge on any atom is -0.462 e. The average Bonchev–Trinajstić information content (AvgIpc) is 3.11. The van der Waals surface area contributed by atoms with Crippen molar-refractivity contribution in [2.75, 3.05) is 17.2 Å². The summed E-state index contributed by atoms with van der Waals surface area (Å²) >= 11 is 2.39. The van der Waals surface area contributed by atoms with Gasteiger partial charge in [0.1, 0.15) is 5.00 Å². The standard InChI is InChI=1S/C22H21F3N2O4S2/c1-2-31-21(30)18-12-5-3-4-6-14(12)33-20(18)27-17(28)10-16-19(29)26-13-9-11(22(23,24)25)7-8-15(13)32-16/h7-9,16H,2-6,10H2,1H3,(H,26,29)(H,27,28)/t16-/m0/s1. The zero-order valence-electron chi connectivity index (χ0n) is 17.6. The molecular formula is C22H21F3N2O4S2. The van der Waals surface area contributed by atoms with Crippen molar-refractivity contribution in [1.29, 1.82) is 0 Å². The number of carbonyl (C=O) groups excluding carboxylic acids is 3. The number of halogens is 3. The van der Waals surface area contributed by atoms with Gasteiger partial charge in [0, 0.05) is 16.2 Å². The summed E-state index contributed by atoms with van der Waals surface area (Å²) in [4.78, 5) is 39.3. The van der Waals surface area contributed by atoms with E-state index in [1.165, 1.54) is 17.4 Å². The van der Waals surface area contributed by atoms with Gasteiger partial charge < -0.3 is 15.4 Å². The number of thiophene rings is 1. The molecule has 0 bridgehead atoms. The van der Waals surface area contributed by atoms with Crippen molar-refractivity contribution >= 4 is 51.6 Å². The summed E-state index contributed by atoms with van der Waals surface area (Å²) in [6.45, 7) is 1.93. The predicted octanol–water partition coefficient (Wildman–Crippen LogP) is 5.26. The first kappa shape index (κ1) is 23.6. The minimum absolute atomic E-state index is 0.0759. The molecule has 1 atom stereocenters. The average molecular weight is 499 g/mol. The molecule has 2 heterocycles. The fourth-order valence-corrected chi connectivity index (χ4v) is 6.26. The first-order valence-electron chi connectivity index (χ1n) is 10.5. The zero-order chi connectivity index (χ0) is 23.8. The first-order valence-corrected chi connectivity index (χ1v) is 12.2. The summed E-state index contributed by atoms with van der Waals surface area (Å²) < 4.78 is 44.0. The van der Waals surface area contributed by atoms with E-state index in [2.05, 4.69) is 10.6 Å². The maximum Gasteiger partial charge on any atom is 0.416 e. The third-order valence-electron chi connectivity index (χ3n) is 5.40. The Balaban J connectivity index is 1.49. The number of aryl methyl sites for hydroxylation is 1. The quantitative estimate of drug-likeness (QED) is 0.549. The van der Waals surface area contributed by atoms with E-state index in [4.69, 9.17) is 4.74 Å². The molecule has 0 spiro atoms. The molecule has 2 amide bonds. The predicted molar refractivity (Wildman–Crippen MR) is 120 cm³/mol. The largest absolute Gasteiger partial charge is 0.462 e. The van der Waals surface area contributed by atoms with Gasteiger partial charge in [0.25, 0.3) is 0 Å². The molecule has 0 saturated carbocycles. The molecule has 2 N–H and O–H groups in total. The van der Waals surface area contributed by atoms with E-state index >= 15 is 0 Å². The van der Waals surface area contributed by atoms with E-state index in [0.29, 0.717) is 15.5 Å². The van der Waals surface area contributed by atoms with Gasteiger partial charge in [-0.2, -0.15) is 13.2 Å². The number of thioether (sulfide) groups is 1. The second-order valence-corrected chi connectivity index (χ2v) is 10.0. The number of nitrogens with one attached hydrogen (secondary N) is 2. The highest BCUT2D eigenvalue weighted by Gasteiger charge is 2.35. The molecular weight excluding hydrogens is 477 g/mol. The first-order chi connectivity index (χ1) is 15.7. The van der Waals surface area contributed by atoms with Crippen LogP contribution in [-0.2, 0) is 33.3 Å². The Bertz CT molecular complexity index is 1110. The van der Waals surface area contributed by atoms with Crippen LogP contribution in [0, 0.1) is 0 Å². The van der Waals surface area contributed by atoms with Crippen molar-refractivity contribution in [2.24, 2.45) is 0 Å². The van der Waals surface area contributed by atoms with Crippen molar-refractivity contribution in [1.82, 2.24) is 0 Å². The smallest absolute Gasteiger partial charge is 0.416 e. The van der Waals surface area contributed by atoms with Gasteiger partial charge >= 0.3 is 12.1 Å². The lowest BCUT2D eigenvalue weighted by Gasteiger charge is -2.24. The molecule has 1 aliphatic heterocycles. The van der Waals surface area contributed by atoms with E-state index in [0.717, 1.165) is 60.0 Å². The van der Waals surface area contributed by atoms with Crippen LogP contribution in [0.4, 0.5) is 23.9 Å². The normalized spacial score (nSPS) is 17.6. The number of amides is 2. The molecule has 33 heavy (non-hydrogen) atoms. The number of anilines is 2. The Morgan fingerprint density at radius 2 is 2.00 bits per heavy atom. The van der Waals surface area contributed by atoms with Crippen molar-refractivity contribution in [3.8, 4) is 0 Å². The van der Waals surface area contributed by atoms with E-state index in [-0.39, 0.29) is 18.7 Å². The Kier molecular flexibility index (Phi) is 6.71. The molecule has 0 fully saturated rings. The van der Waals surface area contributed by atoms with E-state index in [1.54, 1.807) is 6.92 Å². The molecule has 1 aromatic heterocycles. The summed E-state index contributed by atoms with van der Waals surface area (Å²) in [5, 5.41) is 4.84. The Morgan fingerprint density at radius 3 is 2.73 bits per heavy atom. The second kappa shape index (κ2) is 9.38. The molecule has 1 aromatic carbocycles. The van der Waals surface area contributed by atoms with Crippen molar-refractivity contribution in [3.05, 3.63) is 39.8 Å². The van der Waals surface area contributed by atoms with Gasteiger partial charge in [0.2, 0.25) is 11.8 Å². The maximum absolute atomic E-state index is 12.9. The number of alkyl halides is 3. The van der Waals surface area contributed by atoms with Gasteiger partial charge in [-0.3, -0.25) is 9.59 Å². The molecule has 0 saturated heterocycles. The SMILES string of the molecule is CCOC(=O)c1c(NC(=O)C[C@@H]2Sc3ccc(C(F)(F)F)cc3NC2=O)sc2c1CCCC2. The van der Waals surface area contributed by atoms with Crippen LogP contribution in [0.3, 0.4) is 0 Å². The lowest BCUT2D eigenvalue weighted by molar-refractivity contribution is -0.137. The summed E-state index contributed by atoms with van der Waals surface area (Å²) in [6.07, 6.45) is -1.16. The monoisotopic (exact) mass is 498 g/mol. The van der Waals surface area contributed by atoms with Crippen LogP contribution >= 0.6 is 23.1 Å². The van der Waals surface area contributed by atoms with Crippen LogP contribution in [0.15, 0.2) is 23.1 Å². The number of benzene rings is 1. The van der Waals surface area contributed by atoms with Crippen LogP contribution < -0.4 is 10.6 Å². The van der Waals surface area contributed by atoms with E-state index in [1.807, 2.05) is 0 Å². The van der Waals surface area contributed by atoms with Gasteiger partial charge in [-0.05, 0) is 56.4 Å². The molecule has 1 aliphatic carbocycles. The topological polar surface area (TPSA) is 84.5 Å². The van der Waals surface area contributed by atoms with Crippen LogP contribution in [0.1, 0.15) is 52.5 Å². The lowest BCUT2D eigenvalue weighted by atomic mass is 9.95. The van der Waals surface area contributed by atoms with Crippen molar-refractivity contribution in [3.63, 3.8) is 0 Å². The van der Waals surface area contributed by atoms with E-state index < -0.39 is 34.8 Å². The van der Waals surface area contributed by atoms with Crippen LogP contribution in [0.2, 0.25) is 0 Å². The molecule has 4 rings (SSSR count). The molecule has 6 nitrogen and oxygen atoms in total. The Labute approximate surface area is 196 Å². The van der Waals surface area contributed by atoms with Gasteiger partial charge in [0.05, 0.1) is 28.7 Å². The summed E-state index contributed by atoms with van der Waals surface area (Å²) in [7, 11) is 0. The number of rotatable bonds is 5. The third kappa shape index (κ3) is 5.03. The molecule has 0 unspecified atom stereocenters. The van der Waals surface area contributed by atoms with Crippen molar-refractivity contribution < 1.29 is 32.3 Å².